The zero-order valence-corrected chi connectivity index (χ0v) is 14.5. The van der Waals surface area contributed by atoms with Gasteiger partial charge in [-0.05, 0) is 35.4 Å². The van der Waals surface area contributed by atoms with Crippen LogP contribution in [0.1, 0.15) is 11.1 Å². The summed E-state index contributed by atoms with van der Waals surface area (Å²) in [6.07, 6.45) is 1.53. The molecule has 0 aliphatic carbocycles. The first-order chi connectivity index (χ1) is 11.9. The number of phenolic OH excluding ortho intramolecular Hbond substituents is 1. The van der Waals surface area contributed by atoms with Crippen LogP contribution >= 0.6 is 23.2 Å². The minimum Gasteiger partial charge on any atom is -0.508 e. The Morgan fingerprint density at radius 1 is 1.08 bits per heavy atom. The van der Waals surface area contributed by atoms with E-state index in [0.717, 1.165) is 0 Å². The molecule has 7 heteroatoms. The Morgan fingerprint density at radius 2 is 1.72 bits per heavy atom. The van der Waals surface area contributed by atoms with Crippen molar-refractivity contribution in [1.29, 1.82) is 0 Å². The van der Waals surface area contributed by atoms with Crippen LogP contribution < -0.4 is 5.32 Å². The summed E-state index contributed by atoms with van der Waals surface area (Å²) >= 11 is 12.1. The predicted molar refractivity (Wildman–Crippen MR) is 95.8 cm³/mol. The van der Waals surface area contributed by atoms with E-state index < -0.39 is 17.5 Å². The summed E-state index contributed by atoms with van der Waals surface area (Å²) in [4.78, 5) is 26.7. The third kappa shape index (κ3) is 2.65. The number of phenols is 1. The van der Waals surface area contributed by atoms with Gasteiger partial charge in [0.1, 0.15) is 5.75 Å². The van der Waals surface area contributed by atoms with E-state index in [-0.39, 0.29) is 17.3 Å². The maximum Gasteiger partial charge on any atom is 0.325 e. The Labute approximate surface area is 154 Å². The van der Waals surface area contributed by atoms with E-state index in [1.54, 1.807) is 30.3 Å². The number of carbonyl (C=O) groups excluding carboxylic acids is 2. The van der Waals surface area contributed by atoms with Gasteiger partial charge in [-0.15, -0.1) is 6.58 Å². The Bertz CT molecular complexity index is 867. The zero-order valence-electron chi connectivity index (χ0n) is 13.0. The molecular weight excluding hydrogens is 363 g/mol. The van der Waals surface area contributed by atoms with E-state index in [1.807, 2.05) is 0 Å². The van der Waals surface area contributed by atoms with Crippen molar-refractivity contribution in [3.8, 4) is 5.75 Å². The van der Waals surface area contributed by atoms with E-state index >= 15 is 0 Å². The first-order valence-corrected chi connectivity index (χ1v) is 8.16. The van der Waals surface area contributed by atoms with Crippen LogP contribution in [-0.2, 0) is 10.3 Å². The van der Waals surface area contributed by atoms with Crippen LogP contribution in [0.15, 0.2) is 55.1 Å². The van der Waals surface area contributed by atoms with E-state index in [4.69, 9.17) is 23.2 Å². The number of hydrogen-bond donors (Lipinski definition) is 2. The number of halogens is 2. The molecule has 2 aromatic rings. The second kappa shape index (κ2) is 6.43. The number of imide groups is 1. The first-order valence-electron chi connectivity index (χ1n) is 7.40. The highest BCUT2D eigenvalue weighted by molar-refractivity contribution is 6.42. The van der Waals surface area contributed by atoms with Crippen molar-refractivity contribution in [3.05, 3.63) is 76.3 Å². The Balaban J connectivity index is 2.32. The van der Waals surface area contributed by atoms with E-state index in [1.165, 1.54) is 23.1 Å². The lowest BCUT2D eigenvalue weighted by atomic mass is 9.81. The molecule has 1 fully saturated rings. The van der Waals surface area contributed by atoms with Gasteiger partial charge in [0, 0.05) is 6.54 Å². The summed E-state index contributed by atoms with van der Waals surface area (Å²) in [5.74, 6) is -0.462. The number of carbonyl (C=O) groups is 2. The molecule has 5 nitrogen and oxygen atoms in total. The average molecular weight is 377 g/mol. The Morgan fingerprint density at radius 3 is 2.32 bits per heavy atom. The summed E-state index contributed by atoms with van der Waals surface area (Å²) in [5, 5.41) is 12.5. The van der Waals surface area contributed by atoms with Gasteiger partial charge in [0.25, 0.3) is 5.91 Å². The molecule has 0 aromatic heterocycles. The standard InChI is InChI=1S/C18H14Cl2N2O3/c1-2-9-22-17(25)21-16(24)18(22,11-3-6-13(23)7-4-11)12-5-8-14(19)15(20)10-12/h2-8,10,23H,1,9H2,(H,21,24,25). The largest absolute Gasteiger partial charge is 0.508 e. The molecular formula is C18H14Cl2N2O3. The molecule has 2 aromatic carbocycles. The highest BCUT2D eigenvalue weighted by Crippen LogP contribution is 2.42. The topological polar surface area (TPSA) is 69.6 Å². The monoisotopic (exact) mass is 376 g/mol. The van der Waals surface area contributed by atoms with Gasteiger partial charge >= 0.3 is 6.03 Å². The third-order valence-electron chi connectivity index (χ3n) is 4.13. The minimum absolute atomic E-state index is 0.0491. The van der Waals surface area contributed by atoms with E-state index in [9.17, 15) is 14.7 Å². The zero-order chi connectivity index (χ0) is 18.2. The molecule has 1 aliphatic heterocycles. The second-order valence-corrected chi connectivity index (χ2v) is 6.36. The molecule has 0 saturated carbocycles. The van der Waals surface area contributed by atoms with Gasteiger partial charge in [0.2, 0.25) is 0 Å². The van der Waals surface area contributed by atoms with Crippen LogP contribution in [0.4, 0.5) is 4.79 Å². The van der Waals surface area contributed by atoms with Crippen molar-refractivity contribution in [2.45, 2.75) is 5.54 Å². The number of amides is 3. The minimum atomic E-state index is -1.44. The number of hydrogen-bond acceptors (Lipinski definition) is 3. The number of rotatable bonds is 4. The van der Waals surface area contributed by atoms with Gasteiger partial charge in [-0.1, -0.05) is 47.5 Å². The van der Waals surface area contributed by atoms with Crippen molar-refractivity contribution < 1.29 is 14.7 Å². The van der Waals surface area contributed by atoms with Crippen molar-refractivity contribution in [2.24, 2.45) is 0 Å². The third-order valence-corrected chi connectivity index (χ3v) is 4.87. The lowest BCUT2D eigenvalue weighted by Crippen LogP contribution is -2.48. The van der Waals surface area contributed by atoms with Crippen LogP contribution in [-0.4, -0.2) is 28.5 Å². The van der Waals surface area contributed by atoms with Gasteiger partial charge in [-0.2, -0.15) is 0 Å². The molecule has 25 heavy (non-hydrogen) atoms. The molecule has 1 saturated heterocycles. The van der Waals surface area contributed by atoms with Crippen molar-refractivity contribution in [1.82, 2.24) is 10.2 Å². The van der Waals surface area contributed by atoms with Crippen molar-refractivity contribution in [2.75, 3.05) is 6.54 Å². The predicted octanol–water partition coefficient (Wildman–Crippen LogP) is 3.68. The molecule has 1 unspecified atom stereocenters. The fourth-order valence-corrected chi connectivity index (χ4v) is 3.34. The van der Waals surface area contributed by atoms with Gasteiger partial charge in [-0.25, -0.2) is 4.79 Å². The molecule has 0 bridgehead atoms. The SMILES string of the molecule is C=CCN1C(=O)NC(=O)C1(c1ccc(O)cc1)c1ccc(Cl)c(Cl)c1. The highest BCUT2D eigenvalue weighted by Gasteiger charge is 2.55. The summed E-state index contributed by atoms with van der Waals surface area (Å²) in [6.45, 7) is 3.80. The number of nitrogens with one attached hydrogen (secondary N) is 1. The van der Waals surface area contributed by atoms with Gasteiger partial charge in [0.15, 0.2) is 5.54 Å². The van der Waals surface area contributed by atoms with Gasteiger partial charge < -0.3 is 5.11 Å². The Hall–Kier alpha value is -2.50. The van der Waals surface area contributed by atoms with Crippen molar-refractivity contribution >= 4 is 35.1 Å². The first kappa shape index (κ1) is 17.3. The normalized spacial score (nSPS) is 19.8. The fourth-order valence-electron chi connectivity index (χ4n) is 3.04. The lowest BCUT2D eigenvalue weighted by molar-refractivity contribution is -0.125. The smallest absolute Gasteiger partial charge is 0.325 e. The molecule has 3 rings (SSSR count). The van der Waals surface area contributed by atoms with Crippen LogP contribution in [0, 0.1) is 0 Å². The molecule has 1 atom stereocenters. The molecule has 0 spiro atoms. The highest BCUT2D eigenvalue weighted by atomic mass is 35.5. The number of benzene rings is 2. The summed E-state index contributed by atoms with van der Waals surface area (Å²) in [7, 11) is 0. The molecule has 0 radical (unpaired) electrons. The van der Waals surface area contributed by atoms with Gasteiger partial charge in [0.05, 0.1) is 10.0 Å². The lowest BCUT2D eigenvalue weighted by Gasteiger charge is -2.36. The molecule has 1 heterocycles. The van der Waals surface area contributed by atoms with Crippen LogP contribution in [0.3, 0.4) is 0 Å². The summed E-state index contributed by atoms with van der Waals surface area (Å²) < 4.78 is 0. The van der Waals surface area contributed by atoms with Crippen molar-refractivity contribution in [3.63, 3.8) is 0 Å². The maximum absolute atomic E-state index is 12.9. The fraction of sp³-hybridized carbons (Fsp3) is 0.111. The quantitative estimate of drug-likeness (QED) is 0.631. The molecule has 1 aliphatic rings. The molecule has 128 valence electrons. The van der Waals surface area contributed by atoms with Crippen LogP contribution in [0.2, 0.25) is 10.0 Å². The van der Waals surface area contributed by atoms with Gasteiger partial charge in [-0.3, -0.25) is 15.0 Å². The number of aromatic hydroxyl groups is 1. The van der Waals surface area contributed by atoms with E-state index in [2.05, 4.69) is 11.9 Å². The molecule has 2 N–H and O–H groups in total. The van der Waals surface area contributed by atoms with Crippen LogP contribution in [0.25, 0.3) is 0 Å². The van der Waals surface area contributed by atoms with Crippen LogP contribution in [0.5, 0.6) is 5.75 Å². The summed E-state index contributed by atoms with van der Waals surface area (Å²) in [5.41, 5.74) is -0.445. The number of urea groups is 1. The maximum atomic E-state index is 12.9. The molecule has 3 amide bonds. The Kier molecular flexibility index (Phi) is 4.45. The average Bonchev–Trinajstić information content (AvgIpc) is 2.83. The van der Waals surface area contributed by atoms with E-state index in [0.29, 0.717) is 16.1 Å². The summed E-state index contributed by atoms with van der Waals surface area (Å²) in [6, 6.07) is 10.3. The number of nitrogens with zero attached hydrogens (tertiary/aromatic N) is 1. The second-order valence-electron chi connectivity index (χ2n) is 5.54.